The summed E-state index contributed by atoms with van der Waals surface area (Å²) < 4.78 is 6.53. The van der Waals surface area contributed by atoms with Crippen molar-refractivity contribution in [2.75, 3.05) is 0 Å². The second-order valence-corrected chi connectivity index (χ2v) is 14.1. The Labute approximate surface area is 296 Å². The molecule has 0 saturated heterocycles. The van der Waals surface area contributed by atoms with Crippen LogP contribution in [0.15, 0.2) is 174 Å². The fourth-order valence-corrected chi connectivity index (χ4v) is 8.98. The molecule has 51 heavy (non-hydrogen) atoms. The molecule has 7 aromatic carbocycles. The van der Waals surface area contributed by atoms with Crippen LogP contribution in [0.2, 0.25) is 0 Å². The monoisotopic (exact) mass is 654 g/mol. The third-order valence-corrected chi connectivity index (χ3v) is 11.2. The minimum absolute atomic E-state index is 0.369. The predicted molar refractivity (Wildman–Crippen MR) is 209 cm³/mol. The van der Waals surface area contributed by atoms with E-state index in [4.69, 9.17) is 14.4 Å². The van der Waals surface area contributed by atoms with Crippen LogP contribution in [0, 0.1) is 0 Å². The van der Waals surface area contributed by atoms with Gasteiger partial charge in [-0.2, -0.15) is 0 Å². The predicted octanol–water partition coefficient (Wildman–Crippen LogP) is 12.2. The summed E-state index contributed by atoms with van der Waals surface area (Å²) in [6.07, 6.45) is 0. The number of hydrogen-bond donors (Lipinski definition) is 0. The van der Waals surface area contributed by atoms with Gasteiger partial charge in [-0.15, -0.1) is 0 Å². The highest BCUT2D eigenvalue weighted by Gasteiger charge is 2.55. The van der Waals surface area contributed by atoms with Crippen molar-refractivity contribution in [1.29, 1.82) is 0 Å². The molecule has 0 bridgehead atoms. The largest absolute Gasteiger partial charge is 0.456 e. The van der Waals surface area contributed by atoms with Gasteiger partial charge in [0.2, 0.25) is 0 Å². The number of aromatic nitrogens is 2. The van der Waals surface area contributed by atoms with Crippen LogP contribution in [0.3, 0.4) is 0 Å². The Morgan fingerprint density at radius 1 is 0.451 bits per heavy atom. The standard InChI is InChI=1S/C48H34N2O/c1-47(2)38-21-10-6-17-34(38)35-18-7-11-22-39(35)48(47,40-23-14-26-43-44(40)37-20-9-13-25-42(37)51-43)33-29-27-32(28-30-33)46-49-41-24-12-8-19-36(41)45(50-46)31-15-4-3-5-16-31/h3-30H,1-2H3. The zero-order valence-corrected chi connectivity index (χ0v) is 28.5. The van der Waals surface area contributed by atoms with E-state index in [1.165, 1.54) is 33.4 Å². The van der Waals surface area contributed by atoms with Crippen LogP contribution in [-0.4, -0.2) is 9.97 Å². The second-order valence-electron chi connectivity index (χ2n) is 14.1. The van der Waals surface area contributed by atoms with Gasteiger partial charge in [0, 0.05) is 32.7 Å². The highest BCUT2D eigenvalue weighted by molar-refractivity contribution is 6.08. The lowest BCUT2D eigenvalue weighted by Crippen LogP contribution is -2.50. The van der Waals surface area contributed by atoms with E-state index in [9.17, 15) is 0 Å². The van der Waals surface area contributed by atoms with E-state index in [0.717, 1.165) is 49.7 Å². The van der Waals surface area contributed by atoms with Crippen LogP contribution in [0.1, 0.15) is 36.1 Å². The number of benzene rings is 7. The summed E-state index contributed by atoms with van der Waals surface area (Å²) in [6, 6.07) is 60.6. The molecule has 10 rings (SSSR count). The fourth-order valence-electron chi connectivity index (χ4n) is 8.98. The van der Waals surface area contributed by atoms with Crippen molar-refractivity contribution in [3.63, 3.8) is 0 Å². The van der Waals surface area contributed by atoms with E-state index >= 15 is 0 Å². The number of hydrogen-bond acceptors (Lipinski definition) is 3. The first kappa shape index (κ1) is 29.6. The molecular weight excluding hydrogens is 621 g/mol. The smallest absolute Gasteiger partial charge is 0.160 e. The molecule has 3 nitrogen and oxygen atoms in total. The van der Waals surface area contributed by atoms with E-state index in [-0.39, 0.29) is 5.41 Å². The summed E-state index contributed by atoms with van der Waals surface area (Å²) in [5.74, 6) is 0.713. The van der Waals surface area contributed by atoms with Gasteiger partial charge in [-0.1, -0.05) is 166 Å². The van der Waals surface area contributed by atoms with Crippen molar-refractivity contribution in [3.05, 3.63) is 192 Å². The summed E-state index contributed by atoms with van der Waals surface area (Å²) in [5.41, 5.74) is 12.4. The van der Waals surface area contributed by atoms with Crippen LogP contribution in [0.5, 0.6) is 0 Å². The highest BCUT2D eigenvalue weighted by atomic mass is 16.3. The average Bonchev–Trinajstić information content (AvgIpc) is 3.58. The van der Waals surface area contributed by atoms with Crippen LogP contribution in [0.25, 0.3) is 66.6 Å². The van der Waals surface area contributed by atoms with E-state index in [0.29, 0.717) is 5.82 Å². The lowest BCUT2D eigenvalue weighted by molar-refractivity contribution is 0.355. The van der Waals surface area contributed by atoms with E-state index in [2.05, 4.69) is 166 Å². The van der Waals surface area contributed by atoms with Gasteiger partial charge in [0.05, 0.1) is 16.6 Å². The second kappa shape index (κ2) is 11.1. The van der Waals surface area contributed by atoms with Crippen LogP contribution in [0.4, 0.5) is 0 Å². The SMILES string of the molecule is CC1(C)c2ccccc2-c2ccccc2C1(c1ccc(-c2nc(-c3ccccc3)c3ccccc3n2)cc1)c1cccc2oc3ccccc3c12. The molecule has 242 valence electrons. The Balaban J connectivity index is 1.26. The summed E-state index contributed by atoms with van der Waals surface area (Å²) in [5, 5.41) is 3.33. The van der Waals surface area contributed by atoms with Crippen LogP contribution in [-0.2, 0) is 10.8 Å². The zero-order valence-electron chi connectivity index (χ0n) is 28.5. The Kier molecular flexibility index (Phi) is 6.44. The Morgan fingerprint density at radius 3 is 1.86 bits per heavy atom. The van der Waals surface area contributed by atoms with Gasteiger partial charge in [-0.05, 0) is 51.6 Å². The maximum Gasteiger partial charge on any atom is 0.160 e. The molecule has 1 unspecified atom stereocenters. The minimum Gasteiger partial charge on any atom is -0.456 e. The van der Waals surface area contributed by atoms with Gasteiger partial charge in [0.25, 0.3) is 0 Å². The van der Waals surface area contributed by atoms with Gasteiger partial charge in [-0.3, -0.25) is 0 Å². The first-order valence-electron chi connectivity index (χ1n) is 17.6. The van der Waals surface area contributed by atoms with Gasteiger partial charge >= 0.3 is 0 Å². The average molecular weight is 655 g/mol. The Bertz CT molecular complexity index is 2780. The molecule has 1 aliphatic rings. The molecule has 0 N–H and O–H groups in total. The molecule has 0 radical (unpaired) electrons. The maximum atomic E-state index is 6.53. The number of furan rings is 1. The molecule has 9 aromatic rings. The first-order valence-corrected chi connectivity index (χ1v) is 17.6. The number of rotatable bonds is 4. The normalized spacial score (nSPS) is 16.3. The van der Waals surface area contributed by atoms with Crippen molar-refractivity contribution in [2.45, 2.75) is 24.7 Å². The van der Waals surface area contributed by atoms with Gasteiger partial charge < -0.3 is 4.42 Å². The van der Waals surface area contributed by atoms with Crippen molar-refractivity contribution in [2.24, 2.45) is 0 Å². The molecule has 0 aliphatic heterocycles. The van der Waals surface area contributed by atoms with Crippen molar-refractivity contribution in [1.82, 2.24) is 9.97 Å². The number of para-hydroxylation sites is 2. The molecule has 0 spiro atoms. The molecule has 0 amide bonds. The minimum atomic E-state index is -0.581. The molecule has 3 heteroatoms. The van der Waals surface area contributed by atoms with Gasteiger partial charge in [0.15, 0.2) is 5.82 Å². The Morgan fingerprint density at radius 2 is 1.06 bits per heavy atom. The third-order valence-electron chi connectivity index (χ3n) is 11.2. The molecule has 2 heterocycles. The highest BCUT2D eigenvalue weighted by Crippen LogP contribution is 2.61. The Hall–Kier alpha value is -6.32. The molecule has 0 fully saturated rings. The lowest BCUT2D eigenvalue weighted by Gasteiger charge is -2.53. The summed E-state index contributed by atoms with van der Waals surface area (Å²) in [4.78, 5) is 10.3. The number of nitrogens with zero attached hydrogens (tertiary/aromatic N) is 2. The summed E-state index contributed by atoms with van der Waals surface area (Å²) in [7, 11) is 0. The quantitative estimate of drug-likeness (QED) is 0.190. The molecule has 1 aliphatic carbocycles. The first-order chi connectivity index (χ1) is 25.1. The fraction of sp³-hybridized carbons (Fsp3) is 0.0833. The van der Waals surface area contributed by atoms with Crippen LogP contribution < -0.4 is 0 Å². The maximum absolute atomic E-state index is 6.53. The van der Waals surface area contributed by atoms with Crippen molar-refractivity contribution < 1.29 is 4.42 Å². The van der Waals surface area contributed by atoms with E-state index < -0.39 is 5.41 Å². The molecule has 1 atom stereocenters. The summed E-state index contributed by atoms with van der Waals surface area (Å²) >= 11 is 0. The van der Waals surface area contributed by atoms with Gasteiger partial charge in [0.1, 0.15) is 11.2 Å². The number of fused-ring (bicyclic) bond motifs is 7. The van der Waals surface area contributed by atoms with Crippen molar-refractivity contribution >= 4 is 32.8 Å². The molecular formula is C48H34N2O. The molecule has 2 aromatic heterocycles. The summed E-state index contributed by atoms with van der Waals surface area (Å²) in [6.45, 7) is 4.82. The van der Waals surface area contributed by atoms with Crippen LogP contribution >= 0.6 is 0 Å². The van der Waals surface area contributed by atoms with E-state index in [1.807, 2.05) is 18.2 Å². The molecule has 0 saturated carbocycles. The van der Waals surface area contributed by atoms with E-state index in [1.54, 1.807) is 0 Å². The third kappa shape index (κ3) is 4.18. The van der Waals surface area contributed by atoms with Crippen molar-refractivity contribution in [3.8, 4) is 33.8 Å². The van der Waals surface area contributed by atoms with Gasteiger partial charge in [-0.25, -0.2) is 9.97 Å². The zero-order chi connectivity index (χ0) is 34.2. The lowest BCUT2D eigenvalue weighted by atomic mass is 9.48. The topological polar surface area (TPSA) is 38.9 Å².